The molecule has 2 bridgehead atoms. The third kappa shape index (κ3) is 1.56. The number of aliphatic hydroxyl groups excluding tert-OH is 1. The monoisotopic (exact) mass is 324 g/mol. The van der Waals surface area contributed by atoms with E-state index in [9.17, 15) is 10.2 Å². The van der Waals surface area contributed by atoms with Crippen molar-refractivity contribution in [3.05, 3.63) is 35.4 Å². The summed E-state index contributed by atoms with van der Waals surface area (Å²) in [6.45, 7) is 1.69. The first-order valence-corrected chi connectivity index (χ1v) is 8.66. The second-order valence-corrected chi connectivity index (χ2v) is 7.39. The number of rotatable bonds is 2. The van der Waals surface area contributed by atoms with Crippen LogP contribution in [0.3, 0.4) is 0 Å². The van der Waals surface area contributed by atoms with Crippen molar-refractivity contribution in [3.63, 3.8) is 0 Å². The van der Waals surface area contributed by atoms with E-state index >= 15 is 0 Å². The summed E-state index contributed by atoms with van der Waals surface area (Å²) < 4.78 is 6.12. The third-order valence-corrected chi connectivity index (χ3v) is 6.50. The van der Waals surface area contributed by atoms with E-state index in [0.29, 0.717) is 18.2 Å². The largest absolute Gasteiger partial charge is 0.504 e. The summed E-state index contributed by atoms with van der Waals surface area (Å²) in [6.07, 6.45) is 5.35. The van der Waals surface area contributed by atoms with Gasteiger partial charge in [0.1, 0.15) is 12.2 Å². The molecule has 5 nitrogen and oxygen atoms in total. The molecule has 2 unspecified atom stereocenters. The van der Waals surface area contributed by atoms with Crippen LogP contribution >= 0.6 is 0 Å². The minimum absolute atomic E-state index is 0.175. The summed E-state index contributed by atoms with van der Waals surface area (Å²) in [5.74, 6) is 1.01. The van der Waals surface area contributed by atoms with Crippen molar-refractivity contribution in [3.8, 4) is 17.6 Å². The van der Waals surface area contributed by atoms with Crippen molar-refractivity contribution in [2.75, 3.05) is 13.1 Å². The van der Waals surface area contributed by atoms with Crippen LogP contribution in [0, 0.1) is 17.2 Å². The first-order chi connectivity index (χ1) is 11.7. The number of piperidine rings is 1. The van der Waals surface area contributed by atoms with E-state index in [0.717, 1.165) is 31.5 Å². The number of ether oxygens (including phenoxy) is 1. The zero-order valence-corrected chi connectivity index (χ0v) is 13.4. The van der Waals surface area contributed by atoms with Gasteiger partial charge in [-0.1, -0.05) is 18.2 Å². The van der Waals surface area contributed by atoms with Crippen molar-refractivity contribution in [1.29, 1.82) is 5.26 Å². The van der Waals surface area contributed by atoms with Crippen molar-refractivity contribution in [2.24, 2.45) is 5.92 Å². The number of phenols is 1. The van der Waals surface area contributed by atoms with Gasteiger partial charge in [0.2, 0.25) is 0 Å². The first-order valence-electron chi connectivity index (χ1n) is 8.66. The Morgan fingerprint density at radius 2 is 2.25 bits per heavy atom. The average Bonchev–Trinajstić information content (AvgIpc) is 2.93. The van der Waals surface area contributed by atoms with Gasteiger partial charge in [-0.05, 0) is 31.0 Å². The van der Waals surface area contributed by atoms with E-state index in [1.54, 1.807) is 6.07 Å². The number of hydrogen-bond acceptors (Lipinski definition) is 5. The van der Waals surface area contributed by atoms with Gasteiger partial charge in [0, 0.05) is 35.9 Å². The Morgan fingerprint density at radius 1 is 1.38 bits per heavy atom. The predicted octanol–water partition coefficient (Wildman–Crippen LogP) is 1.48. The number of nitrogens with zero attached hydrogens (tertiary/aromatic N) is 2. The summed E-state index contributed by atoms with van der Waals surface area (Å²) in [7, 11) is 0. The zero-order valence-electron chi connectivity index (χ0n) is 13.4. The Balaban J connectivity index is 1.69. The molecule has 5 atom stereocenters. The number of aliphatic hydroxyl groups is 1. The molecule has 5 heteroatoms. The summed E-state index contributed by atoms with van der Waals surface area (Å²) >= 11 is 0. The van der Waals surface area contributed by atoms with Crippen LogP contribution in [0.4, 0.5) is 0 Å². The maximum Gasteiger partial charge on any atom is 0.165 e. The molecule has 0 aromatic heterocycles. The Hall–Kier alpha value is -2.03. The van der Waals surface area contributed by atoms with Crippen molar-refractivity contribution in [2.45, 2.75) is 42.9 Å². The lowest BCUT2D eigenvalue weighted by molar-refractivity contribution is -0.0510. The standard InChI is InChI=1S/C19H20N2O3/c20-7-1-8-21-9-6-19-12-3-5-15(23)18(19)24-17-14(22)4-2-11(16(17)19)10-13(12)21/h2-5,12-13,15,18,22-23H,1,6,8-10H2/t12-,13+,15?,18?,19-/m0/s1. The lowest BCUT2D eigenvalue weighted by Gasteiger charge is -2.57. The average molecular weight is 324 g/mol. The summed E-state index contributed by atoms with van der Waals surface area (Å²) in [4.78, 5) is 2.42. The predicted molar refractivity (Wildman–Crippen MR) is 86.7 cm³/mol. The van der Waals surface area contributed by atoms with Gasteiger partial charge in [0.25, 0.3) is 0 Å². The first kappa shape index (κ1) is 14.3. The Kier molecular flexibility index (Phi) is 2.83. The smallest absolute Gasteiger partial charge is 0.165 e. The van der Waals surface area contributed by atoms with Crippen LogP contribution in [0.25, 0.3) is 0 Å². The number of nitriles is 1. The molecule has 124 valence electrons. The molecule has 0 radical (unpaired) electrons. The van der Waals surface area contributed by atoms with Gasteiger partial charge >= 0.3 is 0 Å². The fraction of sp³-hybridized carbons (Fsp3) is 0.526. The van der Waals surface area contributed by atoms with Gasteiger partial charge < -0.3 is 14.9 Å². The minimum atomic E-state index is -0.648. The molecule has 2 aliphatic heterocycles. The Bertz CT molecular complexity index is 784. The van der Waals surface area contributed by atoms with Gasteiger partial charge in [0.05, 0.1) is 6.07 Å². The maximum absolute atomic E-state index is 10.5. The molecule has 1 aromatic carbocycles. The van der Waals surface area contributed by atoms with E-state index in [1.807, 2.05) is 12.1 Å². The second kappa shape index (κ2) is 4.75. The second-order valence-electron chi connectivity index (χ2n) is 7.39. The number of benzene rings is 1. The molecule has 5 rings (SSSR count). The SMILES string of the molecule is N#CCCN1CC[C@]23c4c5ccc(O)c4OC2C(O)C=C[C@H]3[C@H]1C5. The molecule has 24 heavy (non-hydrogen) atoms. The van der Waals surface area contributed by atoms with Crippen LogP contribution in [0.5, 0.6) is 11.5 Å². The van der Waals surface area contributed by atoms with Crippen LogP contribution in [-0.4, -0.2) is 46.5 Å². The molecule has 1 saturated heterocycles. The Morgan fingerprint density at radius 3 is 3.08 bits per heavy atom. The maximum atomic E-state index is 10.5. The highest BCUT2D eigenvalue weighted by molar-refractivity contribution is 5.61. The molecule has 4 aliphatic rings. The van der Waals surface area contributed by atoms with E-state index in [4.69, 9.17) is 10.00 Å². The van der Waals surface area contributed by atoms with Crippen LogP contribution in [0.1, 0.15) is 24.0 Å². The molecule has 2 N–H and O–H groups in total. The topological polar surface area (TPSA) is 76.7 Å². The minimum Gasteiger partial charge on any atom is -0.504 e. The van der Waals surface area contributed by atoms with Crippen LogP contribution in [0.2, 0.25) is 0 Å². The fourth-order valence-electron chi connectivity index (χ4n) is 5.60. The molecule has 2 aliphatic carbocycles. The number of hydrogen-bond donors (Lipinski definition) is 2. The van der Waals surface area contributed by atoms with Crippen LogP contribution in [0.15, 0.2) is 24.3 Å². The molecular weight excluding hydrogens is 304 g/mol. The van der Waals surface area contributed by atoms with E-state index in [1.165, 1.54) is 5.56 Å². The van der Waals surface area contributed by atoms with Gasteiger partial charge in [-0.15, -0.1) is 0 Å². The van der Waals surface area contributed by atoms with Crippen molar-refractivity contribution < 1.29 is 14.9 Å². The summed E-state index contributed by atoms with van der Waals surface area (Å²) in [5, 5.41) is 29.8. The summed E-state index contributed by atoms with van der Waals surface area (Å²) in [5.41, 5.74) is 2.09. The normalized spacial score (nSPS) is 38.3. The molecule has 0 saturated carbocycles. The van der Waals surface area contributed by atoms with Gasteiger partial charge in [-0.2, -0.15) is 5.26 Å². The third-order valence-electron chi connectivity index (χ3n) is 6.50. The molecular formula is C19H20N2O3. The molecule has 1 fully saturated rings. The molecule has 2 heterocycles. The van der Waals surface area contributed by atoms with E-state index < -0.39 is 6.10 Å². The molecule has 0 amide bonds. The highest BCUT2D eigenvalue weighted by Crippen LogP contribution is 2.62. The lowest BCUT2D eigenvalue weighted by atomic mass is 9.53. The van der Waals surface area contributed by atoms with Gasteiger partial charge in [-0.25, -0.2) is 0 Å². The number of aromatic hydroxyl groups is 1. The van der Waals surface area contributed by atoms with Crippen molar-refractivity contribution >= 4 is 0 Å². The van der Waals surface area contributed by atoms with Crippen LogP contribution < -0.4 is 4.74 Å². The van der Waals surface area contributed by atoms with E-state index in [2.05, 4.69) is 17.0 Å². The zero-order chi connectivity index (χ0) is 16.5. The molecule has 1 aromatic rings. The number of phenolic OH excluding ortho intramolecular Hbond substituents is 1. The highest BCUT2D eigenvalue weighted by atomic mass is 16.5. The fourth-order valence-corrected chi connectivity index (χ4v) is 5.60. The Labute approximate surface area is 140 Å². The molecule has 1 spiro atoms. The van der Waals surface area contributed by atoms with E-state index in [-0.39, 0.29) is 23.2 Å². The van der Waals surface area contributed by atoms with Gasteiger partial charge in [0.15, 0.2) is 11.5 Å². The van der Waals surface area contributed by atoms with Crippen molar-refractivity contribution in [1.82, 2.24) is 4.90 Å². The quantitative estimate of drug-likeness (QED) is 0.806. The van der Waals surface area contributed by atoms with Gasteiger partial charge in [-0.3, -0.25) is 4.90 Å². The highest BCUT2D eigenvalue weighted by Gasteiger charge is 2.64. The summed E-state index contributed by atoms with van der Waals surface area (Å²) in [6, 6.07) is 6.29. The number of likely N-dealkylation sites (tertiary alicyclic amines) is 1. The van der Waals surface area contributed by atoms with Crippen LogP contribution in [-0.2, 0) is 11.8 Å². The lowest BCUT2D eigenvalue weighted by Crippen LogP contribution is -2.65.